The van der Waals surface area contributed by atoms with Crippen LogP contribution in [0.1, 0.15) is 61.4 Å². The molecule has 0 radical (unpaired) electrons. The van der Waals surface area contributed by atoms with Crippen molar-refractivity contribution >= 4 is 43.9 Å². The first-order chi connectivity index (χ1) is 27.0. The van der Waals surface area contributed by atoms with Crippen molar-refractivity contribution < 1.29 is 0 Å². The second kappa shape index (κ2) is 12.3. The molecular formula is C53H40N2. The molecule has 0 bridgehead atoms. The molecule has 0 saturated heterocycles. The number of hydrogen-bond acceptors (Lipinski definition) is 2. The molecule has 0 amide bonds. The van der Waals surface area contributed by atoms with Gasteiger partial charge in [0.05, 0.1) is 6.04 Å². The predicted molar refractivity (Wildman–Crippen MR) is 233 cm³/mol. The molecule has 2 heteroatoms. The zero-order valence-corrected chi connectivity index (χ0v) is 31.2. The molecule has 1 unspecified atom stereocenters. The summed E-state index contributed by atoms with van der Waals surface area (Å²) in [6.45, 7) is 4.78. The lowest BCUT2D eigenvalue weighted by Crippen LogP contribution is -2.18. The van der Waals surface area contributed by atoms with Gasteiger partial charge in [-0.3, -0.25) is 4.99 Å². The highest BCUT2D eigenvalue weighted by atomic mass is 15.0. The molecule has 8 aromatic carbocycles. The van der Waals surface area contributed by atoms with Crippen LogP contribution in [0, 0.1) is 0 Å². The van der Waals surface area contributed by atoms with E-state index in [4.69, 9.17) is 9.98 Å². The van der Waals surface area contributed by atoms with Gasteiger partial charge in [0.1, 0.15) is 0 Å². The summed E-state index contributed by atoms with van der Waals surface area (Å²) in [5, 5.41) is 7.95. The van der Waals surface area contributed by atoms with E-state index in [9.17, 15) is 0 Å². The SMILES string of the molecule is CC1(C)c2cc(-c3cccc(C4CC(C5=CC=CCC5)=NC(c5ccccc5)=N4)c3)ccc2-c2ccc(-c3ccc4ccc5cccc6ccc3c4c56)cc21. The minimum atomic E-state index is -0.149. The van der Waals surface area contributed by atoms with Gasteiger partial charge in [-0.1, -0.05) is 159 Å². The second-order valence-electron chi connectivity index (χ2n) is 16.0. The average molecular weight is 705 g/mol. The Labute approximate surface area is 322 Å². The normalized spacial score (nSPS) is 17.3. The molecule has 3 aliphatic rings. The highest BCUT2D eigenvalue weighted by Crippen LogP contribution is 2.51. The molecule has 11 rings (SSSR count). The van der Waals surface area contributed by atoms with E-state index in [0.717, 1.165) is 36.4 Å². The summed E-state index contributed by atoms with van der Waals surface area (Å²) in [5.74, 6) is 0.825. The molecule has 1 aliphatic heterocycles. The maximum Gasteiger partial charge on any atom is 0.155 e. The highest BCUT2D eigenvalue weighted by Gasteiger charge is 2.36. The minimum absolute atomic E-state index is 0.00256. The zero-order valence-electron chi connectivity index (χ0n) is 31.2. The Balaban J connectivity index is 0.952. The van der Waals surface area contributed by atoms with Gasteiger partial charge in [-0.25, -0.2) is 4.99 Å². The maximum atomic E-state index is 5.27. The molecule has 2 nitrogen and oxygen atoms in total. The first kappa shape index (κ1) is 32.1. The van der Waals surface area contributed by atoms with Gasteiger partial charge in [0.2, 0.25) is 0 Å². The van der Waals surface area contributed by atoms with Gasteiger partial charge in [-0.05, 0) is 119 Å². The molecule has 55 heavy (non-hydrogen) atoms. The highest BCUT2D eigenvalue weighted by molar-refractivity contribution is 6.25. The molecule has 1 atom stereocenters. The van der Waals surface area contributed by atoms with Crippen LogP contribution in [0.5, 0.6) is 0 Å². The van der Waals surface area contributed by atoms with Crippen molar-refractivity contribution in [3.05, 3.63) is 192 Å². The van der Waals surface area contributed by atoms with Crippen LogP contribution in [0.15, 0.2) is 179 Å². The fraction of sp³-hybridized carbons (Fsp3) is 0.132. The largest absolute Gasteiger partial charge is 0.258 e. The maximum absolute atomic E-state index is 5.27. The van der Waals surface area contributed by atoms with Gasteiger partial charge in [0, 0.05) is 23.1 Å². The summed E-state index contributed by atoms with van der Waals surface area (Å²) in [6.07, 6.45) is 9.54. The zero-order chi connectivity index (χ0) is 36.7. The molecular weight excluding hydrogens is 665 g/mol. The number of hydrogen-bond donors (Lipinski definition) is 0. The molecule has 0 saturated carbocycles. The summed E-state index contributed by atoms with van der Waals surface area (Å²) < 4.78 is 0. The van der Waals surface area contributed by atoms with E-state index in [2.05, 4.69) is 178 Å². The lowest BCUT2D eigenvalue weighted by molar-refractivity contribution is 0.661. The second-order valence-corrected chi connectivity index (χ2v) is 16.0. The Morgan fingerprint density at radius 2 is 1.22 bits per heavy atom. The summed E-state index contributed by atoms with van der Waals surface area (Å²) in [4.78, 5) is 10.4. The number of rotatable bonds is 5. The molecule has 1 heterocycles. The number of aliphatic imine (C=N–C) groups is 2. The number of amidine groups is 1. The molecule has 8 aromatic rings. The minimum Gasteiger partial charge on any atom is -0.258 e. The van der Waals surface area contributed by atoms with Crippen LogP contribution in [0.25, 0.3) is 65.7 Å². The Kier molecular flexibility index (Phi) is 7.19. The summed E-state index contributed by atoms with van der Waals surface area (Å²) >= 11 is 0. The Hall–Kier alpha value is -6.38. The van der Waals surface area contributed by atoms with Crippen LogP contribution in [-0.4, -0.2) is 11.5 Å². The van der Waals surface area contributed by atoms with Crippen LogP contribution in [0.2, 0.25) is 0 Å². The molecule has 262 valence electrons. The van der Waals surface area contributed by atoms with Gasteiger partial charge in [0.25, 0.3) is 0 Å². The van der Waals surface area contributed by atoms with Crippen LogP contribution < -0.4 is 0 Å². The van der Waals surface area contributed by atoms with E-state index >= 15 is 0 Å². The summed E-state index contributed by atoms with van der Waals surface area (Å²) in [5.41, 5.74) is 15.1. The van der Waals surface area contributed by atoms with Crippen molar-refractivity contribution in [1.82, 2.24) is 0 Å². The van der Waals surface area contributed by atoms with Gasteiger partial charge in [0.15, 0.2) is 5.84 Å². The lowest BCUT2D eigenvalue weighted by atomic mass is 9.80. The fourth-order valence-corrected chi connectivity index (χ4v) is 9.54. The lowest BCUT2D eigenvalue weighted by Gasteiger charge is -2.24. The Bertz CT molecular complexity index is 2960. The molecule has 0 N–H and O–H groups in total. The molecule has 0 spiro atoms. The van der Waals surface area contributed by atoms with E-state index < -0.39 is 0 Å². The van der Waals surface area contributed by atoms with Gasteiger partial charge in [-0.15, -0.1) is 0 Å². The van der Waals surface area contributed by atoms with E-state index in [1.165, 1.54) is 88.0 Å². The topological polar surface area (TPSA) is 24.7 Å². The number of benzene rings is 8. The standard InChI is InChI=1S/C53H40N2/c1-53(2)46-30-39(38-17-10-18-41(29-38)49-32-48(33-11-5-3-6-12-33)54-52(55-49)37-13-7-4-8-14-37)23-26-43(46)44-27-24-40(31-47(44)53)42-25-21-36-20-19-34-15-9-16-35-22-28-45(42)51(36)50(34)35/h3-5,7-11,13-31,49H,6,12,32H2,1-2H3. The van der Waals surface area contributed by atoms with E-state index in [1.807, 2.05) is 0 Å². The van der Waals surface area contributed by atoms with Crippen LogP contribution in [-0.2, 0) is 5.41 Å². The fourth-order valence-electron chi connectivity index (χ4n) is 9.54. The molecule has 2 aliphatic carbocycles. The van der Waals surface area contributed by atoms with E-state index in [1.54, 1.807) is 0 Å². The van der Waals surface area contributed by atoms with Crippen LogP contribution >= 0.6 is 0 Å². The average Bonchev–Trinajstić information content (AvgIpc) is 3.48. The summed E-state index contributed by atoms with van der Waals surface area (Å²) in [7, 11) is 0. The van der Waals surface area contributed by atoms with Crippen LogP contribution in [0.4, 0.5) is 0 Å². The van der Waals surface area contributed by atoms with Crippen molar-refractivity contribution in [3.8, 4) is 33.4 Å². The third-order valence-corrected chi connectivity index (χ3v) is 12.4. The first-order valence-electron chi connectivity index (χ1n) is 19.6. The quantitative estimate of drug-likeness (QED) is 0.159. The molecule has 0 fully saturated rings. The predicted octanol–water partition coefficient (Wildman–Crippen LogP) is 13.8. The van der Waals surface area contributed by atoms with Crippen molar-refractivity contribution in [1.29, 1.82) is 0 Å². The van der Waals surface area contributed by atoms with Gasteiger partial charge in [-0.2, -0.15) is 0 Å². The Morgan fingerprint density at radius 1 is 0.564 bits per heavy atom. The van der Waals surface area contributed by atoms with Gasteiger partial charge >= 0.3 is 0 Å². The first-order valence-corrected chi connectivity index (χ1v) is 19.6. The number of allylic oxidation sites excluding steroid dienone is 4. The van der Waals surface area contributed by atoms with Gasteiger partial charge < -0.3 is 0 Å². The third-order valence-electron chi connectivity index (χ3n) is 12.4. The smallest absolute Gasteiger partial charge is 0.155 e. The van der Waals surface area contributed by atoms with Crippen molar-refractivity contribution in [2.24, 2.45) is 9.98 Å². The van der Waals surface area contributed by atoms with Crippen molar-refractivity contribution in [3.63, 3.8) is 0 Å². The van der Waals surface area contributed by atoms with Crippen molar-refractivity contribution in [2.75, 3.05) is 0 Å². The third kappa shape index (κ3) is 5.16. The van der Waals surface area contributed by atoms with Crippen molar-refractivity contribution in [2.45, 2.75) is 44.6 Å². The van der Waals surface area contributed by atoms with E-state index in [0.29, 0.717) is 0 Å². The van der Waals surface area contributed by atoms with E-state index in [-0.39, 0.29) is 11.5 Å². The summed E-state index contributed by atoms with van der Waals surface area (Å²) in [6, 6.07) is 54.1. The monoisotopic (exact) mass is 704 g/mol. The number of nitrogens with zero attached hydrogens (tertiary/aromatic N) is 2. The van der Waals surface area contributed by atoms with Crippen LogP contribution in [0.3, 0.4) is 0 Å². The Morgan fingerprint density at radius 3 is 2.00 bits per heavy atom. The number of fused-ring (bicyclic) bond motifs is 3. The molecule has 0 aromatic heterocycles.